The SMILES string of the molecule is CCCCCCC(C)NCC(C)O.O=[N+]([O-])c1cc([N+](=O)[O-])c(O)c([N+](=O)[O-])c1. The molecule has 0 amide bonds. The van der Waals surface area contributed by atoms with E-state index in [0.717, 1.165) is 6.54 Å². The van der Waals surface area contributed by atoms with Crippen molar-refractivity contribution in [3.8, 4) is 5.75 Å². The Labute approximate surface area is 168 Å². The molecule has 1 aromatic rings. The highest BCUT2D eigenvalue weighted by Gasteiger charge is 2.30. The number of rotatable bonds is 11. The molecule has 0 fully saturated rings. The molecule has 1 rings (SSSR count). The molecule has 0 heterocycles. The van der Waals surface area contributed by atoms with Crippen molar-refractivity contribution in [2.75, 3.05) is 6.54 Å². The van der Waals surface area contributed by atoms with Gasteiger partial charge in [-0.3, -0.25) is 30.3 Å². The Kier molecular flexibility index (Phi) is 12.0. The lowest BCUT2D eigenvalue weighted by atomic mass is 10.1. The van der Waals surface area contributed by atoms with Crippen molar-refractivity contribution in [3.63, 3.8) is 0 Å². The molecule has 0 saturated heterocycles. The molecule has 12 nitrogen and oxygen atoms in total. The number of non-ortho nitro benzene ring substituents is 1. The number of aliphatic hydroxyl groups excluding tert-OH is 1. The summed E-state index contributed by atoms with van der Waals surface area (Å²) in [6.45, 7) is 6.95. The second-order valence-corrected chi connectivity index (χ2v) is 6.61. The molecular formula is C17H28N4O8. The second-order valence-electron chi connectivity index (χ2n) is 6.61. The minimum absolute atomic E-state index is 0.224. The van der Waals surface area contributed by atoms with Crippen LogP contribution in [-0.4, -0.2) is 43.7 Å². The summed E-state index contributed by atoms with van der Waals surface area (Å²) in [5.74, 6) is -1.21. The van der Waals surface area contributed by atoms with E-state index >= 15 is 0 Å². The smallest absolute Gasteiger partial charge is 0.324 e. The zero-order chi connectivity index (χ0) is 22.6. The molecule has 12 heteroatoms. The number of phenolic OH excluding ortho intramolecular Hbond substituents is 1. The monoisotopic (exact) mass is 416 g/mol. The van der Waals surface area contributed by atoms with Crippen molar-refractivity contribution in [1.82, 2.24) is 5.32 Å². The number of unbranched alkanes of at least 4 members (excludes halogenated alkanes) is 3. The largest absolute Gasteiger partial charge is 0.497 e. The van der Waals surface area contributed by atoms with Crippen LogP contribution in [0.15, 0.2) is 12.1 Å². The summed E-state index contributed by atoms with van der Waals surface area (Å²) >= 11 is 0. The summed E-state index contributed by atoms with van der Waals surface area (Å²) in [5.41, 5.74) is -3.00. The van der Waals surface area contributed by atoms with Crippen LogP contribution in [0.1, 0.15) is 52.9 Å². The first kappa shape index (κ1) is 26.1. The molecule has 2 atom stereocenters. The van der Waals surface area contributed by atoms with E-state index in [-0.39, 0.29) is 6.10 Å². The predicted octanol–water partition coefficient (Wildman–Crippen LogP) is 3.43. The van der Waals surface area contributed by atoms with Crippen molar-refractivity contribution in [1.29, 1.82) is 0 Å². The Balaban J connectivity index is 0.000000555. The Hall–Kier alpha value is -2.86. The highest BCUT2D eigenvalue weighted by Crippen LogP contribution is 2.38. The zero-order valence-electron chi connectivity index (χ0n) is 16.7. The summed E-state index contributed by atoms with van der Waals surface area (Å²) in [5, 5.41) is 52.6. The van der Waals surface area contributed by atoms with E-state index in [1.807, 2.05) is 6.92 Å². The van der Waals surface area contributed by atoms with Crippen LogP contribution in [0, 0.1) is 30.3 Å². The van der Waals surface area contributed by atoms with Crippen LogP contribution in [-0.2, 0) is 0 Å². The van der Waals surface area contributed by atoms with Gasteiger partial charge in [0.2, 0.25) is 0 Å². The first-order chi connectivity index (χ1) is 13.5. The van der Waals surface area contributed by atoms with E-state index in [1.165, 1.54) is 32.1 Å². The third-order valence-electron chi connectivity index (χ3n) is 3.91. The van der Waals surface area contributed by atoms with Crippen molar-refractivity contribution in [2.45, 2.75) is 65.0 Å². The molecule has 29 heavy (non-hydrogen) atoms. The summed E-state index contributed by atoms with van der Waals surface area (Å²) in [7, 11) is 0. The van der Waals surface area contributed by atoms with E-state index in [2.05, 4.69) is 19.2 Å². The van der Waals surface area contributed by atoms with Crippen molar-refractivity contribution < 1.29 is 25.0 Å². The van der Waals surface area contributed by atoms with E-state index in [1.54, 1.807) is 0 Å². The lowest BCUT2D eigenvalue weighted by Crippen LogP contribution is -2.32. The molecule has 0 radical (unpaired) electrons. The zero-order valence-corrected chi connectivity index (χ0v) is 16.7. The molecule has 0 aliphatic heterocycles. The first-order valence-electron chi connectivity index (χ1n) is 9.22. The Morgan fingerprint density at radius 3 is 1.86 bits per heavy atom. The maximum atomic E-state index is 10.4. The van der Waals surface area contributed by atoms with Crippen LogP contribution in [0.3, 0.4) is 0 Å². The predicted molar refractivity (Wildman–Crippen MR) is 106 cm³/mol. The molecule has 0 bridgehead atoms. The number of aromatic hydroxyl groups is 1. The van der Waals surface area contributed by atoms with Gasteiger partial charge in [0, 0.05) is 12.6 Å². The van der Waals surface area contributed by atoms with Crippen LogP contribution in [0.5, 0.6) is 5.75 Å². The molecule has 2 unspecified atom stereocenters. The van der Waals surface area contributed by atoms with Gasteiger partial charge in [-0.2, -0.15) is 0 Å². The Morgan fingerprint density at radius 1 is 0.966 bits per heavy atom. The number of nitrogens with one attached hydrogen (secondary N) is 1. The highest BCUT2D eigenvalue weighted by molar-refractivity contribution is 5.64. The lowest BCUT2D eigenvalue weighted by molar-refractivity contribution is -0.404. The second kappa shape index (κ2) is 13.3. The summed E-state index contributed by atoms with van der Waals surface area (Å²) in [6.07, 6.45) is 6.31. The number of nitro benzene ring substituents is 3. The van der Waals surface area contributed by atoms with Crippen LogP contribution < -0.4 is 5.32 Å². The molecule has 1 aromatic carbocycles. The number of phenols is 1. The van der Waals surface area contributed by atoms with Gasteiger partial charge in [0.05, 0.1) is 33.0 Å². The first-order valence-corrected chi connectivity index (χ1v) is 9.22. The van der Waals surface area contributed by atoms with Gasteiger partial charge < -0.3 is 15.5 Å². The summed E-state index contributed by atoms with van der Waals surface area (Å²) in [4.78, 5) is 27.8. The van der Waals surface area contributed by atoms with Gasteiger partial charge in [0.25, 0.3) is 11.4 Å². The van der Waals surface area contributed by atoms with Gasteiger partial charge in [-0.25, -0.2) is 0 Å². The number of hydrogen-bond donors (Lipinski definition) is 3. The molecule has 0 aliphatic carbocycles. The molecular weight excluding hydrogens is 388 g/mol. The fraction of sp³-hybridized carbons (Fsp3) is 0.647. The lowest BCUT2D eigenvalue weighted by Gasteiger charge is -2.14. The Morgan fingerprint density at radius 2 is 1.48 bits per heavy atom. The highest BCUT2D eigenvalue weighted by atomic mass is 16.6. The van der Waals surface area contributed by atoms with Crippen LogP contribution >= 0.6 is 0 Å². The minimum Gasteiger partial charge on any atom is -0.497 e. The van der Waals surface area contributed by atoms with Crippen LogP contribution in [0.2, 0.25) is 0 Å². The minimum atomic E-state index is -1.21. The van der Waals surface area contributed by atoms with Crippen LogP contribution in [0.25, 0.3) is 0 Å². The number of nitrogens with zero attached hydrogens (tertiary/aromatic N) is 3. The van der Waals surface area contributed by atoms with Gasteiger partial charge in [-0.15, -0.1) is 0 Å². The fourth-order valence-corrected chi connectivity index (χ4v) is 2.32. The quantitative estimate of drug-likeness (QED) is 0.276. The topological polar surface area (TPSA) is 182 Å². The molecule has 0 aliphatic rings. The van der Waals surface area contributed by atoms with Crippen LogP contribution in [0.4, 0.5) is 17.1 Å². The van der Waals surface area contributed by atoms with E-state index in [0.29, 0.717) is 18.2 Å². The normalized spacial score (nSPS) is 12.4. The van der Waals surface area contributed by atoms with Gasteiger partial charge in [-0.05, 0) is 20.3 Å². The molecule has 0 spiro atoms. The van der Waals surface area contributed by atoms with Gasteiger partial charge in [0.1, 0.15) is 0 Å². The maximum Gasteiger partial charge on any atom is 0.324 e. The summed E-state index contributed by atoms with van der Waals surface area (Å²) < 4.78 is 0. The third-order valence-corrected chi connectivity index (χ3v) is 3.91. The van der Waals surface area contributed by atoms with Crippen molar-refractivity contribution >= 4 is 17.1 Å². The molecule has 164 valence electrons. The van der Waals surface area contributed by atoms with Gasteiger partial charge in [-0.1, -0.05) is 32.6 Å². The van der Waals surface area contributed by atoms with Crippen molar-refractivity contribution in [2.24, 2.45) is 0 Å². The average molecular weight is 416 g/mol. The number of hydrogen-bond acceptors (Lipinski definition) is 9. The van der Waals surface area contributed by atoms with E-state index < -0.39 is 37.6 Å². The molecule has 3 N–H and O–H groups in total. The average Bonchev–Trinajstić information content (AvgIpc) is 2.63. The van der Waals surface area contributed by atoms with Crippen molar-refractivity contribution in [3.05, 3.63) is 42.5 Å². The van der Waals surface area contributed by atoms with E-state index in [4.69, 9.17) is 10.2 Å². The standard InChI is InChI=1S/C11H25NO.C6H3N3O7/c1-4-5-6-7-8-10(2)12-9-11(3)13;10-6-4(8(13)14)1-3(7(11)12)2-5(6)9(15)16/h10-13H,4-9H2,1-3H3;1-2,10H. The number of aliphatic hydroxyl groups is 1. The third kappa shape index (κ3) is 10.3. The number of benzene rings is 1. The number of nitro groups is 3. The summed E-state index contributed by atoms with van der Waals surface area (Å²) in [6, 6.07) is 1.44. The van der Waals surface area contributed by atoms with Gasteiger partial charge >= 0.3 is 11.4 Å². The molecule has 0 saturated carbocycles. The maximum absolute atomic E-state index is 10.4. The van der Waals surface area contributed by atoms with E-state index in [9.17, 15) is 30.3 Å². The Bertz CT molecular complexity index is 661. The van der Waals surface area contributed by atoms with Gasteiger partial charge in [0.15, 0.2) is 0 Å². The fourth-order valence-electron chi connectivity index (χ4n) is 2.32. The molecule has 0 aromatic heterocycles.